The number of hydrogen-bond donors (Lipinski definition) is 1. The van der Waals surface area contributed by atoms with Gasteiger partial charge in [-0.25, -0.2) is 0 Å². The van der Waals surface area contributed by atoms with E-state index < -0.39 is 0 Å². The standard InChI is InChI=1S/C12H24N2O.C2H7N.HI.H2/c1-2-13-6-8-14(9-7-13)10-11-15-12-4-3-5-12;1-2-3;;/h12H,2-11H2,1H3;2-3H2,1H3;2*1H. The maximum atomic E-state index is 5.78. The van der Waals surface area contributed by atoms with Crippen LogP contribution in [0.15, 0.2) is 0 Å². The van der Waals surface area contributed by atoms with E-state index in [1.807, 2.05) is 6.92 Å². The van der Waals surface area contributed by atoms with Crippen molar-refractivity contribution in [1.29, 1.82) is 0 Å². The van der Waals surface area contributed by atoms with Crippen LogP contribution in [0, 0.1) is 0 Å². The summed E-state index contributed by atoms with van der Waals surface area (Å²) in [6, 6.07) is 0. The summed E-state index contributed by atoms with van der Waals surface area (Å²) in [7, 11) is 0. The minimum absolute atomic E-state index is 0. The zero-order valence-corrected chi connectivity index (χ0v) is 15.0. The van der Waals surface area contributed by atoms with Gasteiger partial charge in [0, 0.05) is 34.2 Å². The van der Waals surface area contributed by atoms with Crippen molar-refractivity contribution in [3.63, 3.8) is 0 Å². The Morgan fingerprint density at radius 3 is 2.05 bits per heavy atom. The number of nitrogens with zero attached hydrogens (tertiary/aromatic N) is 2. The predicted octanol–water partition coefficient (Wildman–Crippen LogP) is 2.02. The fourth-order valence-electron chi connectivity index (χ4n) is 2.22. The summed E-state index contributed by atoms with van der Waals surface area (Å²) in [6.07, 6.45) is 4.56. The van der Waals surface area contributed by atoms with Gasteiger partial charge in [0.15, 0.2) is 0 Å². The number of likely N-dealkylation sites (N-methyl/N-ethyl adjacent to an activating group) is 1. The van der Waals surface area contributed by atoms with Crippen LogP contribution in [0.1, 0.15) is 34.5 Å². The maximum Gasteiger partial charge on any atom is 0.0597 e. The van der Waals surface area contributed by atoms with Gasteiger partial charge in [-0.2, -0.15) is 0 Å². The Hall–Kier alpha value is 0.570. The van der Waals surface area contributed by atoms with E-state index in [1.54, 1.807) is 0 Å². The molecular weight excluding hydrogens is 353 g/mol. The van der Waals surface area contributed by atoms with Gasteiger partial charge in [0.05, 0.1) is 12.7 Å². The molecule has 0 radical (unpaired) electrons. The summed E-state index contributed by atoms with van der Waals surface area (Å²) in [4.78, 5) is 5.05. The molecule has 2 aliphatic rings. The average Bonchev–Trinajstić information content (AvgIpc) is 2.34. The molecule has 0 aromatic carbocycles. The Balaban J connectivity index is 0. The SMILES string of the molecule is CCN.CCN1CCN(CCOC2CCC2)CC1.I.[HH]. The second-order valence-electron chi connectivity index (χ2n) is 5.11. The molecule has 0 aromatic heterocycles. The summed E-state index contributed by atoms with van der Waals surface area (Å²) in [5.74, 6) is 0. The van der Waals surface area contributed by atoms with Gasteiger partial charge < -0.3 is 15.4 Å². The van der Waals surface area contributed by atoms with Gasteiger partial charge >= 0.3 is 0 Å². The number of piperazine rings is 1. The van der Waals surface area contributed by atoms with E-state index in [4.69, 9.17) is 10.5 Å². The van der Waals surface area contributed by atoms with Crippen LogP contribution >= 0.6 is 24.0 Å². The highest BCUT2D eigenvalue weighted by atomic mass is 127. The van der Waals surface area contributed by atoms with Crippen molar-refractivity contribution in [2.75, 3.05) is 52.4 Å². The molecule has 1 saturated heterocycles. The lowest BCUT2D eigenvalue weighted by Gasteiger charge is -2.34. The molecule has 1 aliphatic carbocycles. The van der Waals surface area contributed by atoms with Crippen molar-refractivity contribution in [2.45, 2.75) is 39.2 Å². The first-order valence-electron chi connectivity index (χ1n) is 7.56. The number of rotatable bonds is 5. The third-order valence-corrected chi connectivity index (χ3v) is 3.73. The molecule has 0 bridgehead atoms. The van der Waals surface area contributed by atoms with Crippen LogP contribution in [0.2, 0.25) is 0 Å². The van der Waals surface area contributed by atoms with Gasteiger partial charge in [-0.3, -0.25) is 4.90 Å². The van der Waals surface area contributed by atoms with Gasteiger partial charge in [-0.05, 0) is 32.4 Å². The molecule has 1 heterocycles. The van der Waals surface area contributed by atoms with E-state index >= 15 is 0 Å². The molecule has 1 saturated carbocycles. The average molecular weight is 387 g/mol. The topological polar surface area (TPSA) is 41.7 Å². The van der Waals surface area contributed by atoms with Crippen LogP contribution in [-0.2, 0) is 4.74 Å². The summed E-state index contributed by atoms with van der Waals surface area (Å²) in [6.45, 7) is 13.1. The second-order valence-corrected chi connectivity index (χ2v) is 5.11. The molecule has 0 atom stereocenters. The first kappa shape index (κ1) is 19.6. The van der Waals surface area contributed by atoms with Crippen LogP contribution in [0.5, 0.6) is 0 Å². The van der Waals surface area contributed by atoms with E-state index in [0.717, 1.165) is 19.7 Å². The monoisotopic (exact) mass is 387 g/mol. The highest BCUT2D eigenvalue weighted by Gasteiger charge is 2.19. The van der Waals surface area contributed by atoms with Crippen molar-refractivity contribution in [1.82, 2.24) is 9.80 Å². The van der Waals surface area contributed by atoms with Crippen LogP contribution in [-0.4, -0.2) is 68.3 Å². The largest absolute Gasteiger partial charge is 0.377 e. The summed E-state index contributed by atoms with van der Waals surface area (Å²) in [5, 5.41) is 0. The lowest BCUT2D eigenvalue weighted by Crippen LogP contribution is -2.47. The zero-order valence-electron chi connectivity index (χ0n) is 12.6. The van der Waals surface area contributed by atoms with Crippen LogP contribution in [0.3, 0.4) is 0 Å². The summed E-state index contributed by atoms with van der Waals surface area (Å²) >= 11 is 0. The first-order chi connectivity index (χ1) is 8.80. The first-order valence-corrected chi connectivity index (χ1v) is 7.56. The molecule has 5 heteroatoms. The third kappa shape index (κ3) is 8.45. The molecule has 2 rings (SSSR count). The molecule has 0 spiro atoms. The molecule has 19 heavy (non-hydrogen) atoms. The van der Waals surface area contributed by atoms with E-state index in [9.17, 15) is 0 Å². The number of halogens is 1. The summed E-state index contributed by atoms with van der Waals surface area (Å²) in [5.41, 5.74) is 4.85. The molecule has 118 valence electrons. The minimum atomic E-state index is 0. The number of hydrogen-bond acceptors (Lipinski definition) is 4. The van der Waals surface area contributed by atoms with E-state index in [-0.39, 0.29) is 25.4 Å². The van der Waals surface area contributed by atoms with Crippen molar-refractivity contribution in [3.05, 3.63) is 0 Å². The van der Waals surface area contributed by atoms with Crippen molar-refractivity contribution in [3.8, 4) is 0 Å². The van der Waals surface area contributed by atoms with Crippen LogP contribution < -0.4 is 5.73 Å². The molecule has 2 N–H and O–H groups in total. The van der Waals surface area contributed by atoms with Gasteiger partial charge in [-0.1, -0.05) is 13.8 Å². The fourth-order valence-corrected chi connectivity index (χ4v) is 2.22. The van der Waals surface area contributed by atoms with E-state index in [2.05, 4.69) is 16.7 Å². The quantitative estimate of drug-likeness (QED) is 0.733. The molecular formula is C14H34IN3O. The lowest BCUT2D eigenvalue weighted by atomic mass is 9.96. The predicted molar refractivity (Wildman–Crippen MR) is 94.4 cm³/mol. The van der Waals surface area contributed by atoms with Crippen LogP contribution in [0.4, 0.5) is 0 Å². The maximum absolute atomic E-state index is 5.78. The Morgan fingerprint density at radius 1 is 1.11 bits per heavy atom. The Morgan fingerprint density at radius 2 is 1.63 bits per heavy atom. The molecule has 0 amide bonds. The Bertz CT molecular complexity index is 201. The lowest BCUT2D eigenvalue weighted by molar-refractivity contribution is -0.0119. The normalized spacial score (nSPS) is 21.0. The highest BCUT2D eigenvalue weighted by molar-refractivity contribution is 14.0. The van der Waals surface area contributed by atoms with Gasteiger partial charge in [0.1, 0.15) is 0 Å². The highest BCUT2D eigenvalue weighted by Crippen LogP contribution is 2.21. The van der Waals surface area contributed by atoms with E-state index in [1.165, 1.54) is 52.0 Å². The smallest absolute Gasteiger partial charge is 0.0597 e. The Labute approximate surface area is 137 Å². The van der Waals surface area contributed by atoms with Crippen molar-refractivity contribution < 1.29 is 6.16 Å². The number of ether oxygens (including phenoxy) is 1. The summed E-state index contributed by atoms with van der Waals surface area (Å²) < 4.78 is 5.78. The molecule has 0 aromatic rings. The molecule has 4 nitrogen and oxygen atoms in total. The Kier molecular flexibility index (Phi) is 12.7. The third-order valence-electron chi connectivity index (χ3n) is 3.73. The zero-order chi connectivity index (χ0) is 13.2. The molecule has 0 unspecified atom stereocenters. The number of nitrogens with two attached hydrogens (primary N) is 1. The van der Waals surface area contributed by atoms with E-state index in [0.29, 0.717) is 6.10 Å². The fraction of sp³-hybridized carbons (Fsp3) is 1.00. The second kappa shape index (κ2) is 12.3. The molecule has 1 aliphatic heterocycles. The molecule has 2 fully saturated rings. The van der Waals surface area contributed by atoms with Gasteiger partial charge in [0.2, 0.25) is 0 Å². The van der Waals surface area contributed by atoms with Crippen molar-refractivity contribution in [2.24, 2.45) is 5.73 Å². The van der Waals surface area contributed by atoms with Crippen molar-refractivity contribution >= 4 is 24.0 Å². The van der Waals surface area contributed by atoms with Gasteiger partial charge in [0.25, 0.3) is 0 Å². The van der Waals surface area contributed by atoms with Crippen LogP contribution in [0.25, 0.3) is 0 Å². The minimum Gasteiger partial charge on any atom is -0.377 e. The van der Waals surface area contributed by atoms with Gasteiger partial charge in [-0.15, -0.1) is 24.0 Å².